The quantitative estimate of drug-likeness (QED) is 0.497. The summed E-state index contributed by atoms with van der Waals surface area (Å²) in [6.45, 7) is 3.47. The number of para-hydroxylation sites is 1. The second-order valence-corrected chi connectivity index (χ2v) is 8.38. The van der Waals surface area contributed by atoms with Gasteiger partial charge in [-0.25, -0.2) is 4.99 Å². The smallest absolute Gasteiger partial charge is 0.416 e. The molecule has 2 heterocycles. The number of carbonyl (C=O) groups is 2. The van der Waals surface area contributed by atoms with Crippen LogP contribution in [0.5, 0.6) is 5.75 Å². The second-order valence-electron chi connectivity index (χ2n) is 8.38. The van der Waals surface area contributed by atoms with Crippen molar-refractivity contribution in [3.8, 4) is 5.75 Å². The van der Waals surface area contributed by atoms with Crippen LogP contribution in [0.3, 0.4) is 0 Å². The number of esters is 1. The van der Waals surface area contributed by atoms with E-state index in [0.29, 0.717) is 49.1 Å². The lowest BCUT2D eigenvalue weighted by molar-refractivity contribution is -0.153. The van der Waals surface area contributed by atoms with Gasteiger partial charge < -0.3 is 19.3 Å². The van der Waals surface area contributed by atoms with Gasteiger partial charge in [0.25, 0.3) is 0 Å². The van der Waals surface area contributed by atoms with Gasteiger partial charge in [0, 0.05) is 37.4 Å². The van der Waals surface area contributed by atoms with E-state index in [1.807, 2.05) is 9.80 Å². The maximum Gasteiger partial charge on any atom is 0.416 e. The molecule has 2 aromatic carbocycles. The van der Waals surface area contributed by atoms with E-state index in [9.17, 15) is 22.8 Å². The number of alkyl halides is 3. The van der Waals surface area contributed by atoms with Crippen molar-refractivity contribution in [3.05, 3.63) is 59.7 Å². The number of nitrogens with zero attached hydrogens (tertiary/aromatic N) is 3. The number of ether oxygens (including phenoxy) is 2. The highest BCUT2D eigenvalue weighted by molar-refractivity contribution is 6.08. The van der Waals surface area contributed by atoms with E-state index in [0.717, 1.165) is 12.1 Å². The molecule has 0 bridgehead atoms. The SMILES string of the molecule is CCOC(=O)[C@H]1C(=O)NC(N2CCN(c3cccc(C(F)(F)F)c3)CC2)=N[C@@H]1c1ccccc1OC. The zero-order valence-corrected chi connectivity index (χ0v) is 19.9. The maximum atomic E-state index is 13.1. The number of benzene rings is 2. The van der Waals surface area contributed by atoms with Gasteiger partial charge in [-0.1, -0.05) is 24.3 Å². The molecule has 0 aromatic heterocycles. The average molecular weight is 505 g/mol. The van der Waals surface area contributed by atoms with E-state index in [2.05, 4.69) is 5.32 Å². The Labute approximate surface area is 206 Å². The Morgan fingerprint density at radius 1 is 1.08 bits per heavy atom. The summed E-state index contributed by atoms with van der Waals surface area (Å²) in [5.74, 6) is -1.60. The molecule has 1 saturated heterocycles. The highest BCUT2D eigenvalue weighted by Gasteiger charge is 2.43. The van der Waals surface area contributed by atoms with Crippen molar-refractivity contribution >= 4 is 23.5 Å². The van der Waals surface area contributed by atoms with E-state index in [1.165, 1.54) is 13.2 Å². The molecule has 4 rings (SSSR count). The van der Waals surface area contributed by atoms with Crippen LogP contribution in [0.25, 0.3) is 0 Å². The zero-order chi connectivity index (χ0) is 25.9. The van der Waals surface area contributed by atoms with Gasteiger partial charge in [-0.2, -0.15) is 13.2 Å². The van der Waals surface area contributed by atoms with Crippen LogP contribution in [-0.2, 0) is 20.5 Å². The minimum atomic E-state index is -4.41. The number of halogens is 3. The molecule has 36 heavy (non-hydrogen) atoms. The number of methoxy groups -OCH3 is 1. The lowest BCUT2D eigenvalue weighted by atomic mass is 9.90. The van der Waals surface area contributed by atoms with E-state index in [-0.39, 0.29) is 6.61 Å². The van der Waals surface area contributed by atoms with Crippen LogP contribution in [0.15, 0.2) is 53.5 Å². The first kappa shape index (κ1) is 25.3. The van der Waals surface area contributed by atoms with Gasteiger partial charge in [0.15, 0.2) is 5.92 Å². The number of carbonyl (C=O) groups excluding carboxylic acids is 2. The topological polar surface area (TPSA) is 83.5 Å². The fourth-order valence-electron chi connectivity index (χ4n) is 4.41. The van der Waals surface area contributed by atoms with E-state index < -0.39 is 35.6 Å². The van der Waals surface area contributed by atoms with Crippen LogP contribution in [-0.4, -0.2) is 62.6 Å². The van der Waals surface area contributed by atoms with Crippen molar-refractivity contribution in [1.82, 2.24) is 10.2 Å². The lowest BCUT2D eigenvalue weighted by Gasteiger charge is -2.40. The first-order valence-corrected chi connectivity index (χ1v) is 11.6. The Bertz CT molecular complexity index is 1150. The summed E-state index contributed by atoms with van der Waals surface area (Å²) in [6.07, 6.45) is -4.41. The van der Waals surface area contributed by atoms with Crippen LogP contribution in [0, 0.1) is 5.92 Å². The Balaban J connectivity index is 1.57. The molecule has 1 N–H and O–H groups in total. The fraction of sp³-hybridized carbons (Fsp3) is 0.400. The Morgan fingerprint density at radius 3 is 2.44 bits per heavy atom. The van der Waals surface area contributed by atoms with Crippen molar-refractivity contribution in [2.24, 2.45) is 10.9 Å². The van der Waals surface area contributed by atoms with E-state index in [1.54, 1.807) is 37.3 Å². The van der Waals surface area contributed by atoms with Crippen molar-refractivity contribution in [2.75, 3.05) is 44.8 Å². The first-order valence-electron chi connectivity index (χ1n) is 11.6. The Hall–Kier alpha value is -3.76. The molecule has 0 unspecified atom stereocenters. The molecule has 192 valence electrons. The standard InChI is InChI=1S/C25H27F3N4O4/c1-3-36-23(34)20-21(18-9-4-5-10-19(18)35-2)29-24(30-22(20)33)32-13-11-31(12-14-32)17-8-6-7-16(15-17)25(26,27)28/h4-10,15,20-21H,3,11-14H2,1-2H3,(H,29,30,33)/t20-,21-/m1/s1. The normalized spacial score (nSPS) is 20.5. The van der Waals surface area contributed by atoms with Crippen LogP contribution in [0.4, 0.5) is 18.9 Å². The largest absolute Gasteiger partial charge is 0.496 e. The van der Waals surface area contributed by atoms with Crippen molar-refractivity contribution in [3.63, 3.8) is 0 Å². The third-order valence-electron chi connectivity index (χ3n) is 6.21. The summed E-state index contributed by atoms with van der Waals surface area (Å²) < 4.78 is 49.9. The molecular weight excluding hydrogens is 477 g/mol. The van der Waals surface area contributed by atoms with E-state index >= 15 is 0 Å². The molecule has 1 fully saturated rings. The number of amides is 1. The Kier molecular flexibility index (Phi) is 7.37. The van der Waals surface area contributed by atoms with E-state index in [4.69, 9.17) is 14.5 Å². The first-order chi connectivity index (χ1) is 17.2. The van der Waals surface area contributed by atoms with Crippen molar-refractivity contribution in [1.29, 1.82) is 0 Å². The zero-order valence-electron chi connectivity index (χ0n) is 19.9. The van der Waals surface area contributed by atoms with Crippen molar-refractivity contribution < 1.29 is 32.2 Å². The average Bonchev–Trinajstić information content (AvgIpc) is 2.88. The van der Waals surface area contributed by atoms with Gasteiger partial charge in [0.05, 0.1) is 19.3 Å². The molecule has 2 aliphatic heterocycles. The lowest BCUT2D eigenvalue weighted by Crippen LogP contribution is -2.57. The highest BCUT2D eigenvalue weighted by Crippen LogP contribution is 2.36. The molecule has 0 aliphatic carbocycles. The molecule has 0 saturated carbocycles. The minimum absolute atomic E-state index is 0.120. The van der Waals surface area contributed by atoms with Gasteiger partial charge in [-0.3, -0.25) is 14.9 Å². The monoisotopic (exact) mass is 504 g/mol. The summed E-state index contributed by atoms with van der Waals surface area (Å²) in [5.41, 5.74) is 0.359. The minimum Gasteiger partial charge on any atom is -0.496 e. The third kappa shape index (κ3) is 5.24. The van der Waals surface area contributed by atoms with Gasteiger partial charge >= 0.3 is 12.1 Å². The van der Waals surface area contributed by atoms with Crippen LogP contribution < -0.4 is 15.0 Å². The number of hydrogen-bond donors (Lipinski definition) is 1. The predicted molar refractivity (Wildman–Crippen MR) is 127 cm³/mol. The summed E-state index contributed by atoms with van der Waals surface area (Å²) in [6, 6.07) is 11.4. The fourth-order valence-corrected chi connectivity index (χ4v) is 4.41. The molecule has 0 spiro atoms. The summed E-state index contributed by atoms with van der Waals surface area (Å²) in [7, 11) is 1.50. The van der Waals surface area contributed by atoms with Gasteiger partial charge in [0.2, 0.25) is 11.9 Å². The van der Waals surface area contributed by atoms with Gasteiger partial charge in [-0.15, -0.1) is 0 Å². The number of hydrogen-bond acceptors (Lipinski definition) is 7. The Morgan fingerprint density at radius 2 is 1.78 bits per heavy atom. The third-order valence-corrected chi connectivity index (χ3v) is 6.21. The number of rotatable bonds is 5. The summed E-state index contributed by atoms with van der Waals surface area (Å²) >= 11 is 0. The summed E-state index contributed by atoms with van der Waals surface area (Å²) in [5, 5.41) is 2.72. The highest BCUT2D eigenvalue weighted by atomic mass is 19.4. The number of anilines is 1. The predicted octanol–water partition coefficient (Wildman–Crippen LogP) is 3.24. The van der Waals surface area contributed by atoms with Crippen LogP contribution >= 0.6 is 0 Å². The molecular formula is C25H27F3N4O4. The van der Waals surface area contributed by atoms with Crippen LogP contribution in [0.2, 0.25) is 0 Å². The number of aliphatic imine (C=N–C) groups is 1. The molecule has 1 amide bonds. The molecule has 2 aliphatic rings. The van der Waals surface area contributed by atoms with Crippen LogP contribution in [0.1, 0.15) is 24.1 Å². The molecule has 8 nitrogen and oxygen atoms in total. The number of nitrogens with one attached hydrogen (secondary N) is 1. The molecule has 0 radical (unpaired) electrons. The molecule has 2 atom stereocenters. The number of guanidine groups is 1. The second kappa shape index (κ2) is 10.5. The number of piperazine rings is 1. The summed E-state index contributed by atoms with van der Waals surface area (Å²) in [4.78, 5) is 34.2. The van der Waals surface area contributed by atoms with Crippen molar-refractivity contribution in [2.45, 2.75) is 19.1 Å². The molecule has 2 aromatic rings. The van der Waals surface area contributed by atoms with Gasteiger partial charge in [-0.05, 0) is 31.2 Å². The molecule has 11 heteroatoms. The van der Waals surface area contributed by atoms with Gasteiger partial charge in [0.1, 0.15) is 11.8 Å². The maximum absolute atomic E-state index is 13.1.